The molecule has 0 aliphatic carbocycles. The van der Waals surface area contributed by atoms with Gasteiger partial charge in [-0.1, -0.05) is 48.0 Å². The zero-order chi connectivity index (χ0) is 25.8. The smallest absolute Gasteiger partial charge is 0.256 e. The summed E-state index contributed by atoms with van der Waals surface area (Å²) in [4.78, 5) is 25.9. The van der Waals surface area contributed by atoms with Crippen molar-refractivity contribution in [2.75, 3.05) is 10.6 Å². The molecule has 0 spiro atoms. The van der Waals surface area contributed by atoms with E-state index in [1.807, 2.05) is 38.1 Å². The van der Waals surface area contributed by atoms with Gasteiger partial charge in [0, 0.05) is 22.5 Å². The van der Waals surface area contributed by atoms with Crippen LogP contribution < -0.4 is 10.6 Å². The minimum atomic E-state index is -0.526. The second kappa shape index (κ2) is 10.5. The summed E-state index contributed by atoms with van der Waals surface area (Å²) in [5.74, 6) is -0.602. The number of aromatic nitrogens is 2. The zero-order valence-corrected chi connectivity index (χ0v) is 20.8. The van der Waals surface area contributed by atoms with E-state index >= 15 is 0 Å². The maximum absolute atomic E-state index is 13.1. The first-order valence-electron chi connectivity index (χ1n) is 11.3. The number of nitriles is 1. The Hall–Kier alpha value is -4.41. The molecule has 1 heterocycles. The molecule has 3 aromatic carbocycles. The molecule has 0 bridgehead atoms. The lowest BCUT2D eigenvalue weighted by Crippen LogP contribution is -2.25. The Labute approximate surface area is 214 Å². The average molecular weight is 498 g/mol. The Morgan fingerprint density at radius 1 is 0.972 bits per heavy atom. The highest BCUT2D eigenvalue weighted by Crippen LogP contribution is 2.30. The van der Waals surface area contributed by atoms with Crippen molar-refractivity contribution in [3.05, 3.63) is 100 Å². The van der Waals surface area contributed by atoms with Crippen LogP contribution in [0.4, 0.5) is 11.4 Å². The van der Waals surface area contributed by atoms with Gasteiger partial charge in [0.25, 0.3) is 5.91 Å². The number of rotatable bonds is 6. The summed E-state index contributed by atoms with van der Waals surface area (Å²) in [6, 6.07) is 22.7. The van der Waals surface area contributed by atoms with Crippen LogP contribution in [-0.4, -0.2) is 21.6 Å². The SMILES string of the molecule is Cc1cc(C)n(C(C)C(=O)Nc2ccc(NC(=O)c3ccccc3-c3ccccc3C#N)cc2Cl)n1. The van der Waals surface area contributed by atoms with E-state index in [9.17, 15) is 14.9 Å². The first-order chi connectivity index (χ1) is 17.3. The van der Waals surface area contributed by atoms with Gasteiger partial charge in [-0.15, -0.1) is 0 Å². The lowest BCUT2D eigenvalue weighted by atomic mass is 9.95. The maximum atomic E-state index is 13.1. The number of anilines is 2. The summed E-state index contributed by atoms with van der Waals surface area (Å²) in [6.07, 6.45) is 0. The van der Waals surface area contributed by atoms with Crippen LogP contribution >= 0.6 is 11.6 Å². The van der Waals surface area contributed by atoms with Crippen molar-refractivity contribution >= 4 is 34.8 Å². The number of carbonyl (C=O) groups excluding carboxylic acids is 2. The molecule has 36 heavy (non-hydrogen) atoms. The van der Waals surface area contributed by atoms with Gasteiger partial charge in [0.2, 0.25) is 5.91 Å². The van der Waals surface area contributed by atoms with Crippen molar-refractivity contribution in [3.8, 4) is 17.2 Å². The van der Waals surface area contributed by atoms with Crippen molar-refractivity contribution < 1.29 is 9.59 Å². The molecule has 8 heteroatoms. The standard InChI is InChI=1S/C28H24ClN5O2/c1-17-14-18(2)34(33-17)19(3)27(35)32-26-13-12-21(15-25(26)29)31-28(36)24-11-7-6-10-23(24)22-9-5-4-8-20(22)16-30/h4-15,19H,1-3H3,(H,31,36)(H,32,35). The number of hydrogen-bond acceptors (Lipinski definition) is 4. The van der Waals surface area contributed by atoms with Crippen molar-refractivity contribution in [1.82, 2.24) is 9.78 Å². The predicted molar refractivity (Wildman–Crippen MR) is 141 cm³/mol. The third-order valence-electron chi connectivity index (χ3n) is 5.79. The lowest BCUT2D eigenvalue weighted by Gasteiger charge is -2.16. The lowest BCUT2D eigenvalue weighted by molar-refractivity contribution is -0.119. The van der Waals surface area contributed by atoms with Crippen LogP contribution in [0.25, 0.3) is 11.1 Å². The third kappa shape index (κ3) is 5.14. The van der Waals surface area contributed by atoms with Gasteiger partial charge in [-0.25, -0.2) is 0 Å². The normalized spacial score (nSPS) is 11.4. The number of amides is 2. The summed E-state index contributed by atoms with van der Waals surface area (Å²) >= 11 is 6.43. The molecule has 1 atom stereocenters. The van der Waals surface area contributed by atoms with Crippen LogP contribution in [0.5, 0.6) is 0 Å². The fourth-order valence-electron chi connectivity index (χ4n) is 4.01. The fourth-order valence-corrected chi connectivity index (χ4v) is 4.24. The highest BCUT2D eigenvalue weighted by atomic mass is 35.5. The Kier molecular flexibility index (Phi) is 7.18. The van der Waals surface area contributed by atoms with E-state index in [0.717, 1.165) is 11.4 Å². The molecule has 2 amide bonds. The second-order valence-corrected chi connectivity index (χ2v) is 8.80. The summed E-state index contributed by atoms with van der Waals surface area (Å²) in [5.41, 5.74) is 4.86. The molecule has 0 fully saturated rings. The van der Waals surface area contributed by atoms with Gasteiger partial charge in [0.1, 0.15) is 6.04 Å². The van der Waals surface area contributed by atoms with E-state index in [-0.39, 0.29) is 16.8 Å². The molecule has 0 aliphatic rings. The Morgan fingerprint density at radius 3 is 2.33 bits per heavy atom. The van der Waals surface area contributed by atoms with E-state index in [1.54, 1.807) is 60.1 Å². The summed E-state index contributed by atoms with van der Waals surface area (Å²) < 4.78 is 1.66. The van der Waals surface area contributed by atoms with Crippen LogP contribution in [-0.2, 0) is 4.79 Å². The second-order valence-electron chi connectivity index (χ2n) is 8.39. The van der Waals surface area contributed by atoms with E-state index < -0.39 is 6.04 Å². The van der Waals surface area contributed by atoms with Gasteiger partial charge in [-0.2, -0.15) is 10.4 Å². The average Bonchev–Trinajstić information content (AvgIpc) is 3.22. The molecule has 0 radical (unpaired) electrons. The third-order valence-corrected chi connectivity index (χ3v) is 6.10. The Bertz CT molecular complexity index is 1500. The van der Waals surface area contributed by atoms with Crippen molar-refractivity contribution in [2.45, 2.75) is 26.8 Å². The van der Waals surface area contributed by atoms with Gasteiger partial charge in [-0.05, 0) is 62.7 Å². The summed E-state index contributed by atoms with van der Waals surface area (Å²) in [5, 5.41) is 19.8. The minimum Gasteiger partial charge on any atom is -0.323 e. The molecule has 4 aromatic rings. The molecule has 1 unspecified atom stereocenters. The van der Waals surface area contributed by atoms with Gasteiger partial charge >= 0.3 is 0 Å². The fraction of sp³-hybridized carbons (Fsp3) is 0.143. The number of nitrogens with one attached hydrogen (secondary N) is 2. The zero-order valence-electron chi connectivity index (χ0n) is 20.0. The molecule has 0 saturated heterocycles. The Morgan fingerprint density at radius 2 is 1.67 bits per heavy atom. The minimum absolute atomic E-state index is 0.259. The number of halogens is 1. The van der Waals surface area contributed by atoms with E-state index in [1.165, 1.54) is 0 Å². The van der Waals surface area contributed by atoms with Crippen LogP contribution in [0.1, 0.15) is 40.3 Å². The van der Waals surface area contributed by atoms with Crippen molar-refractivity contribution in [1.29, 1.82) is 5.26 Å². The predicted octanol–water partition coefficient (Wildman–Crippen LogP) is 6.14. The molecule has 7 nitrogen and oxygen atoms in total. The van der Waals surface area contributed by atoms with Crippen LogP contribution in [0, 0.1) is 25.2 Å². The molecule has 0 saturated carbocycles. The van der Waals surface area contributed by atoms with Gasteiger partial charge in [-0.3, -0.25) is 14.3 Å². The molecular formula is C28H24ClN5O2. The van der Waals surface area contributed by atoms with E-state index in [4.69, 9.17) is 11.6 Å². The van der Waals surface area contributed by atoms with Gasteiger partial charge in [0.15, 0.2) is 0 Å². The van der Waals surface area contributed by atoms with Gasteiger partial charge < -0.3 is 10.6 Å². The quantitative estimate of drug-likeness (QED) is 0.334. The first-order valence-corrected chi connectivity index (χ1v) is 11.7. The highest BCUT2D eigenvalue weighted by Gasteiger charge is 2.20. The topological polar surface area (TPSA) is 99.8 Å². The van der Waals surface area contributed by atoms with E-state index in [2.05, 4.69) is 21.8 Å². The molecular weight excluding hydrogens is 474 g/mol. The van der Waals surface area contributed by atoms with E-state index in [0.29, 0.717) is 33.6 Å². The molecule has 1 aromatic heterocycles. The monoisotopic (exact) mass is 497 g/mol. The summed E-state index contributed by atoms with van der Waals surface area (Å²) in [7, 11) is 0. The largest absolute Gasteiger partial charge is 0.323 e. The number of aryl methyl sites for hydroxylation is 2. The number of carbonyl (C=O) groups is 2. The number of hydrogen-bond donors (Lipinski definition) is 2. The highest BCUT2D eigenvalue weighted by molar-refractivity contribution is 6.34. The molecule has 180 valence electrons. The first kappa shape index (κ1) is 24.7. The van der Waals surface area contributed by atoms with Gasteiger partial charge in [0.05, 0.1) is 28.0 Å². The molecule has 2 N–H and O–H groups in total. The molecule has 0 aliphatic heterocycles. The summed E-state index contributed by atoms with van der Waals surface area (Å²) in [6.45, 7) is 5.53. The molecule has 4 rings (SSSR count). The van der Waals surface area contributed by atoms with Crippen LogP contribution in [0.15, 0.2) is 72.8 Å². The van der Waals surface area contributed by atoms with Crippen molar-refractivity contribution in [3.63, 3.8) is 0 Å². The maximum Gasteiger partial charge on any atom is 0.256 e. The Balaban J connectivity index is 1.52. The number of nitrogens with zero attached hydrogens (tertiary/aromatic N) is 3. The van der Waals surface area contributed by atoms with Crippen LogP contribution in [0.2, 0.25) is 5.02 Å². The van der Waals surface area contributed by atoms with Crippen molar-refractivity contribution in [2.24, 2.45) is 0 Å². The van der Waals surface area contributed by atoms with Crippen LogP contribution in [0.3, 0.4) is 0 Å². The number of benzene rings is 3.